The summed E-state index contributed by atoms with van der Waals surface area (Å²) in [6.07, 6.45) is 13.1. The molecule has 5 nitrogen and oxygen atoms in total. The minimum absolute atomic E-state index is 0.0698. The number of likely N-dealkylation sites (tertiary alicyclic amines) is 1. The van der Waals surface area contributed by atoms with E-state index in [2.05, 4.69) is 19.2 Å². The molecule has 0 spiro atoms. The Morgan fingerprint density at radius 1 is 1.00 bits per heavy atom. The molecule has 0 radical (unpaired) electrons. The van der Waals surface area contributed by atoms with E-state index in [1.165, 1.54) is 38.5 Å². The first-order valence-electron chi connectivity index (χ1n) is 11.4. The summed E-state index contributed by atoms with van der Waals surface area (Å²) in [6, 6.07) is 0. The molecule has 2 aliphatic rings. The molecule has 0 unspecified atom stereocenters. The third kappa shape index (κ3) is 10.9. The molecule has 0 atom stereocenters. The summed E-state index contributed by atoms with van der Waals surface area (Å²) < 4.78 is 5.41. The van der Waals surface area contributed by atoms with Crippen molar-refractivity contribution in [1.82, 2.24) is 10.2 Å². The molecular weight excluding hydrogens is 352 g/mol. The van der Waals surface area contributed by atoms with Gasteiger partial charge < -0.3 is 15.0 Å². The molecule has 5 heteroatoms. The molecule has 1 saturated carbocycles. The Morgan fingerprint density at radius 2 is 1.50 bits per heavy atom. The summed E-state index contributed by atoms with van der Waals surface area (Å²) >= 11 is 0. The van der Waals surface area contributed by atoms with Crippen molar-refractivity contribution < 1.29 is 14.3 Å². The number of rotatable bonds is 5. The lowest BCUT2D eigenvalue weighted by molar-refractivity contribution is -0.121. The van der Waals surface area contributed by atoms with Gasteiger partial charge in [0.1, 0.15) is 5.60 Å². The average molecular weight is 397 g/mol. The van der Waals surface area contributed by atoms with Crippen LogP contribution in [0.4, 0.5) is 4.79 Å². The minimum Gasteiger partial charge on any atom is -0.444 e. The van der Waals surface area contributed by atoms with E-state index in [4.69, 9.17) is 4.74 Å². The first-order valence-corrected chi connectivity index (χ1v) is 11.4. The van der Waals surface area contributed by atoms with Crippen molar-refractivity contribution >= 4 is 12.0 Å². The maximum atomic E-state index is 12.0. The lowest BCUT2D eigenvalue weighted by atomic mass is 9.80. The fourth-order valence-electron chi connectivity index (χ4n) is 3.53. The lowest BCUT2D eigenvalue weighted by Crippen LogP contribution is -2.47. The molecule has 0 bridgehead atoms. The van der Waals surface area contributed by atoms with Gasteiger partial charge in [-0.15, -0.1) is 0 Å². The second-order valence-corrected chi connectivity index (χ2v) is 9.78. The highest BCUT2D eigenvalue weighted by Crippen LogP contribution is 2.30. The van der Waals surface area contributed by atoms with Crippen LogP contribution in [0.2, 0.25) is 0 Å². The zero-order chi connectivity index (χ0) is 21.0. The SMILES string of the molecule is C1CCCCC1.CCCCC(=O)NCC1(C)CCN(C(=O)OC(C)(C)C)CC1. The van der Waals surface area contributed by atoms with E-state index in [0.29, 0.717) is 26.1 Å². The number of hydrogen-bond acceptors (Lipinski definition) is 3. The van der Waals surface area contributed by atoms with E-state index in [9.17, 15) is 9.59 Å². The van der Waals surface area contributed by atoms with Crippen molar-refractivity contribution in [2.75, 3.05) is 19.6 Å². The van der Waals surface area contributed by atoms with Gasteiger partial charge in [-0.1, -0.05) is 58.8 Å². The highest BCUT2D eigenvalue weighted by molar-refractivity contribution is 5.75. The van der Waals surface area contributed by atoms with E-state index < -0.39 is 5.60 Å². The van der Waals surface area contributed by atoms with Crippen LogP contribution in [0, 0.1) is 5.41 Å². The van der Waals surface area contributed by atoms with Crippen molar-refractivity contribution in [2.45, 2.75) is 111 Å². The van der Waals surface area contributed by atoms with Gasteiger partial charge in [-0.2, -0.15) is 0 Å². The second kappa shape index (κ2) is 12.3. The standard InChI is InChI=1S/C17H32N2O3.C6H12/c1-6-7-8-14(20)18-13-17(5)9-11-19(12-10-17)15(21)22-16(2,3)4;1-2-4-6-5-3-1/h6-13H2,1-5H3,(H,18,20);1-6H2. The molecule has 0 aromatic carbocycles. The fourth-order valence-corrected chi connectivity index (χ4v) is 3.53. The molecule has 0 aromatic heterocycles. The number of piperidine rings is 1. The van der Waals surface area contributed by atoms with Crippen LogP contribution in [-0.2, 0) is 9.53 Å². The zero-order valence-electron chi connectivity index (χ0n) is 19.1. The second-order valence-electron chi connectivity index (χ2n) is 9.78. The van der Waals surface area contributed by atoms with Crippen LogP contribution in [-0.4, -0.2) is 42.1 Å². The molecule has 2 rings (SSSR count). The van der Waals surface area contributed by atoms with Gasteiger partial charge in [0.2, 0.25) is 5.91 Å². The molecule has 28 heavy (non-hydrogen) atoms. The molecule has 0 aromatic rings. The van der Waals surface area contributed by atoms with E-state index in [1.807, 2.05) is 20.8 Å². The fraction of sp³-hybridized carbons (Fsp3) is 0.913. The monoisotopic (exact) mass is 396 g/mol. The highest BCUT2D eigenvalue weighted by Gasteiger charge is 2.33. The molecule has 1 heterocycles. The van der Waals surface area contributed by atoms with Gasteiger partial charge in [0.05, 0.1) is 0 Å². The predicted molar refractivity (Wildman–Crippen MR) is 115 cm³/mol. The van der Waals surface area contributed by atoms with Gasteiger partial charge in [-0.25, -0.2) is 4.79 Å². The van der Waals surface area contributed by atoms with Gasteiger partial charge in [-0.05, 0) is 45.4 Å². The summed E-state index contributed by atoms with van der Waals surface area (Å²) in [5, 5.41) is 3.04. The van der Waals surface area contributed by atoms with E-state index >= 15 is 0 Å². The van der Waals surface area contributed by atoms with Crippen LogP contribution >= 0.6 is 0 Å². The molecule has 2 amide bonds. The Morgan fingerprint density at radius 3 is 1.93 bits per heavy atom. The summed E-state index contributed by atoms with van der Waals surface area (Å²) in [6.45, 7) is 12.0. The number of carbonyl (C=O) groups excluding carboxylic acids is 2. The summed E-state index contributed by atoms with van der Waals surface area (Å²) in [7, 11) is 0. The molecule has 1 N–H and O–H groups in total. The van der Waals surface area contributed by atoms with Crippen LogP contribution in [0.25, 0.3) is 0 Å². The number of amides is 2. The largest absolute Gasteiger partial charge is 0.444 e. The van der Waals surface area contributed by atoms with E-state index in [-0.39, 0.29) is 17.4 Å². The Bertz CT molecular complexity index is 447. The van der Waals surface area contributed by atoms with Crippen LogP contribution in [0.1, 0.15) is 105 Å². The zero-order valence-corrected chi connectivity index (χ0v) is 19.1. The Balaban J connectivity index is 0.000000552. The van der Waals surface area contributed by atoms with Gasteiger partial charge >= 0.3 is 6.09 Å². The molecule has 2 fully saturated rings. The Kier molecular flexibility index (Phi) is 10.9. The Hall–Kier alpha value is -1.26. The minimum atomic E-state index is -0.453. The molecular formula is C23H44N2O3. The molecule has 1 saturated heterocycles. The van der Waals surface area contributed by atoms with Crippen molar-refractivity contribution in [3.8, 4) is 0 Å². The molecule has 1 aliphatic carbocycles. The number of hydrogen-bond donors (Lipinski definition) is 1. The normalized spacial score (nSPS) is 19.2. The molecule has 164 valence electrons. The first kappa shape index (κ1) is 24.8. The number of nitrogens with one attached hydrogen (secondary N) is 1. The van der Waals surface area contributed by atoms with Crippen molar-refractivity contribution in [2.24, 2.45) is 5.41 Å². The van der Waals surface area contributed by atoms with Gasteiger partial charge in [0.25, 0.3) is 0 Å². The maximum Gasteiger partial charge on any atom is 0.410 e. The van der Waals surface area contributed by atoms with Crippen molar-refractivity contribution in [3.63, 3.8) is 0 Å². The van der Waals surface area contributed by atoms with Gasteiger partial charge in [0.15, 0.2) is 0 Å². The summed E-state index contributed by atoms with van der Waals surface area (Å²) in [5.41, 5.74) is -0.383. The van der Waals surface area contributed by atoms with Crippen LogP contribution in [0.3, 0.4) is 0 Å². The number of nitrogens with zero attached hydrogens (tertiary/aromatic N) is 1. The lowest BCUT2D eigenvalue weighted by Gasteiger charge is -2.39. The third-order valence-corrected chi connectivity index (χ3v) is 5.59. The van der Waals surface area contributed by atoms with Crippen molar-refractivity contribution in [3.05, 3.63) is 0 Å². The van der Waals surface area contributed by atoms with E-state index in [0.717, 1.165) is 25.7 Å². The molecule has 1 aliphatic heterocycles. The number of unbranched alkanes of at least 4 members (excludes halogenated alkanes) is 1. The van der Waals surface area contributed by atoms with Crippen LogP contribution in [0.5, 0.6) is 0 Å². The quantitative estimate of drug-likeness (QED) is 0.651. The van der Waals surface area contributed by atoms with E-state index in [1.54, 1.807) is 4.90 Å². The van der Waals surface area contributed by atoms with Gasteiger partial charge in [0, 0.05) is 26.1 Å². The van der Waals surface area contributed by atoms with Gasteiger partial charge in [-0.3, -0.25) is 4.79 Å². The third-order valence-electron chi connectivity index (χ3n) is 5.59. The first-order chi connectivity index (χ1) is 13.2. The smallest absolute Gasteiger partial charge is 0.410 e. The van der Waals surface area contributed by atoms with Crippen LogP contribution < -0.4 is 5.32 Å². The average Bonchev–Trinajstić information content (AvgIpc) is 2.66. The maximum absolute atomic E-state index is 12.0. The number of ether oxygens (including phenoxy) is 1. The van der Waals surface area contributed by atoms with Crippen LogP contribution in [0.15, 0.2) is 0 Å². The summed E-state index contributed by atoms with van der Waals surface area (Å²) in [4.78, 5) is 25.5. The van der Waals surface area contributed by atoms with Crippen molar-refractivity contribution in [1.29, 1.82) is 0 Å². The highest BCUT2D eigenvalue weighted by atomic mass is 16.6. The number of carbonyl (C=O) groups is 2. The Labute approximate surface area is 173 Å². The predicted octanol–water partition coefficient (Wildman–Crippen LogP) is 5.67. The summed E-state index contributed by atoms with van der Waals surface area (Å²) in [5.74, 6) is 0.137. The topological polar surface area (TPSA) is 58.6 Å².